The van der Waals surface area contributed by atoms with Crippen molar-refractivity contribution in [3.05, 3.63) is 64.7 Å². The van der Waals surface area contributed by atoms with Crippen molar-refractivity contribution in [2.24, 2.45) is 5.16 Å². The number of hydrogen-bond donors (Lipinski definition) is 0. The summed E-state index contributed by atoms with van der Waals surface area (Å²) in [6.07, 6.45) is -0.893. The highest BCUT2D eigenvalue weighted by Gasteiger charge is 2.27. The Morgan fingerprint density at radius 3 is 2.53 bits per heavy atom. The molecule has 2 aromatic carbocycles. The molecule has 0 aliphatic heterocycles. The number of nitrogens with zero attached hydrogens (tertiary/aromatic N) is 2. The Kier molecular flexibility index (Phi) is 8.24. The van der Waals surface area contributed by atoms with E-state index in [1.807, 2.05) is 44.2 Å². The quantitative estimate of drug-likeness (QED) is 0.368. The van der Waals surface area contributed by atoms with Crippen molar-refractivity contribution < 1.29 is 23.9 Å². The van der Waals surface area contributed by atoms with Crippen molar-refractivity contribution in [3.63, 3.8) is 0 Å². The molecule has 0 aliphatic carbocycles. The van der Waals surface area contributed by atoms with Crippen molar-refractivity contribution in [2.45, 2.75) is 32.9 Å². The fourth-order valence-electron chi connectivity index (χ4n) is 2.65. The molecule has 0 aromatic heterocycles. The molecular weight excluding hydrogens is 408 g/mol. The molecule has 0 fully saturated rings. The van der Waals surface area contributed by atoms with Crippen LogP contribution in [-0.4, -0.2) is 42.3 Å². The second kappa shape index (κ2) is 10.6. The molecule has 1 atom stereocenters. The molecule has 0 radical (unpaired) electrons. The third kappa shape index (κ3) is 5.97. The smallest absolute Gasteiger partial charge is 0.418 e. The zero-order valence-corrected chi connectivity index (χ0v) is 18.4. The van der Waals surface area contributed by atoms with E-state index in [1.165, 1.54) is 21.1 Å². The van der Waals surface area contributed by atoms with Crippen LogP contribution in [0.15, 0.2) is 47.6 Å². The second-order valence-electron chi connectivity index (χ2n) is 6.63. The van der Waals surface area contributed by atoms with Crippen LogP contribution >= 0.6 is 11.6 Å². The summed E-state index contributed by atoms with van der Waals surface area (Å²) in [5.41, 5.74) is 2.32. The number of halogens is 1. The van der Waals surface area contributed by atoms with E-state index in [9.17, 15) is 9.59 Å². The first kappa shape index (κ1) is 23.2. The molecule has 0 heterocycles. The minimum atomic E-state index is -0.893. The van der Waals surface area contributed by atoms with Gasteiger partial charge in [0.05, 0.1) is 0 Å². The Balaban J connectivity index is 2.31. The zero-order valence-electron chi connectivity index (χ0n) is 17.6. The largest absolute Gasteiger partial charge is 0.489 e. The number of oxime groups is 1. The molecule has 0 spiro atoms. The molecule has 0 aliphatic rings. The Morgan fingerprint density at radius 1 is 1.17 bits per heavy atom. The predicted molar refractivity (Wildman–Crippen MR) is 115 cm³/mol. The van der Waals surface area contributed by atoms with Crippen LogP contribution in [0, 0.1) is 13.8 Å². The number of carbonyl (C=O) groups excluding carboxylic acids is 2. The van der Waals surface area contributed by atoms with Gasteiger partial charge in [-0.3, -0.25) is 4.79 Å². The van der Waals surface area contributed by atoms with Gasteiger partial charge in [-0.15, -0.1) is 0 Å². The third-order valence-corrected chi connectivity index (χ3v) is 4.32. The fourth-order valence-corrected chi connectivity index (χ4v) is 2.73. The van der Waals surface area contributed by atoms with Crippen molar-refractivity contribution in [2.75, 3.05) is 14.2 Å². The molecule has 1 unspecified atom stereocenters. The van der Waals surface area contributed by atoms with Gasteiger partial charge in [-0.1, -0.05) is 53.2 Å². The number of amides is 2. The van der Waals surface area contributed by atoms with Gasteiger partial charge in [0.2, 0.25) is 0 Å². The van der Waals surface area contributed by atoms with E-state index in [-0.39, 0.29) is 12.3 Å². The summed E-state index contributed by atoms with van der Waals surface area (Å²) in [5, 5.41) is 3.85. The first-order chi connectivity index (χ1) is 14.2. The van der Waals surface area contributed by atoms with Gasteiger partial charge >= 0.3 is 6.09 Å². The zero-order chi connectivity index (χ0) is 22.3. The molecule has 2 amide bonds. The minimum absolute atomic E-state index is 0.0562. The number of aryl methyl sites for hydroxylation is 2. The van der Waals surface area contributed by atoms with Gasteiger partial charge in [0, 0.05) is 12.6 Å². The Hall–Kier alpha value is -3.06. The van der Waals surface area contributed by atoms with Gasteiger partial charge in [0.25, 0.3) is 5.91 Å². The van der Waals surface area contributed by atoms with E-state index in [4.69, 9.17) is 25.9 Å². The van der Waals surface area contributed by atoms with Gasteiger partial charge in [0.15, 0.2) is 11.3 Å². The van der Waals surface area contributed by atoms with E-state index in [1.54, 1.807) is 12.1 Å². The van der Waals surface area contributed by atoms with E-state index in [0.29, 0.717) is 11.1 Å². The lowest BCUT2D eigenvalue weighted by Gasteiger charge is -2.18. The van der Waals surface area contributed by atoms with Crippen molar-refractivity contribution >= 4 is 29.3 Å². The summed E-state index contributed by atoms with van der Waals surface area (Å²) in [5.74, 6) is 0.0523. The number of rotatable bonds is 7. The maximum atomic E-state index is 12.9. The molecule has 7 nitrogen and oxygen atoms in total. The summed E-state index contributed by atoms with van der Waals surface area (Å²) in [6, 6.07) is 13.1. The minimum Gasteiger partial charge on any atom is -0.489 e. The molecule has 0 bridgehead atoms. The number of likely N-dealkylation sites (N-methyl/N-ethyl adjacent to an activating group) is 1. The van der Waals surface area contributed by atoms with E-state index < -0.39 is 17.6 Å². The maximum absolute atomic E-state index is 12.9. The maximum Gasteiger partial charge on any atom is 0.418 e. The van der Waals surface area contributed by atoms with Crippen LogP contribution in [0.3, 0.4) is 0 Å². The lowest BCUT2D eigenvalue weighted by molar-refractivity contribution is -0.121. The van der Waals surface area contributed by atoms with Gasteiger partial charge in [-0.2, -0.15) is 0 Å². The van der Waals surface area contributed by atoms with Crippen LogP contribution in [0.5, 0.6) is 5.75 Å². The molecule has 2 rings (SSSR count). The first-order valence-corrected chi connectivity index (χ1v) is 9.70. The Bertz CT molecular complexity index is 943. The van der Waals surface area contributed by atoms with Gasteiger partial charge in [-0.05, 0) is 43.5 Å². The number of benzene rings is 2. The van der Waals surface area contributed by atoms with E-state index in [2.05, 4.69) is 5.16 Å². The number of carbonyl (C=O) groups is 2. The highest BCUT2D eigenvalue weighted by molar-refractivity contribution is 6.47. The van der Waals surface area contributed by atoms with Crippen molar-refractivity contribution in [1.82, 2.24) is 4.90 Å². The molecule has 0 saturated heterocycles. The molecule has 2 aromatic rings. The average Bonchev–Trinajstić information content (AvgIpc) is 2.71. The van der Waals surface area contributed by atoms with Crippen LogP contribution in [0.25, 0.3) is 0 Å². The molecule has 160 valence electrons. The van der Waals surface area contributed by atoms with E-state index in [0.717, 1.165) is 21.8 Å². The number of alkyl halides is 1. The number of hydrogen-bond acceptors (Lipinski definition) is 6. The van der Waals surface area contributed by atoms with Gasteiger partial charge in [-0.25, -0.2) is 9.69 Å². The first-order valence-electron chi connectivity index (χ1n) is 9.26. The molecule has 8 heteroatoms. The van der Waals surface area contributed by atoms with Crippen LogP contribution in [0.1, 0.15) is 29.2 Å². The van der Waals surface area contributed by atoms with Crippen LogP contribution in [0.2, 0.25) is 0 Å². The highest BCUT2D eigenvalue weighted by Crippen LogP contribution is 2.22. The van der Waals surface area contributed by atoms with Crippen molar-refractivity contribution in [3.8, 4) is 5.75 Å². The standard InChI is InChI=1S/C22H25ClN2O5/c1-14-10-11-15(2)19(12-14)29-13-17-8-6-7-9-18(17)20(24-28-5)21(26)25(4)22(27)30-16(3)23/h6-12,16H,13H2,1-5H3. The second-order valence-corrected chi connectivity index (χ2v) is 7.24. The average molecular weight is 433 g/mol. The van der Waals surface area contributed by atoms with Crippen molar-refractivity contribution in [1.29, 1.82) is 0 Å². The monoisotopic (exact) mass is 432 g/mol. The third-order valence-electron chi connectivity index (χ3n) is 4.23. The number of ether oxygens (including phenoxy) is 2. The summed E-state index contributed by atoms with van der Waals surface area (Å²) >= 11 is 5.68. The van der Waals surface area contributed by atoms with Crippen LogP contribution in [0.4, 0.5) is 4.79 Å². The molecule has 30 heavy (non-hydrogen) atoms. The molecule has 0 N–H and O–H groups in total. The highest BCUT2D eigenvalue weighted by atomic mass is 35.5. The van der Waals surface area contributed by atoms with Gasteiger partial charge < -0.3 is 14.3 Å². The Morgan fingerprint density at radius 2 is 1.87 bits per heavy atom. The lowest BCUT2D eigenvalue weighted by atomic mass is 10.0. The Labute approximate surface area is 181 Å². The summed E-state index contributed by atoms with van der Waals surface area (Å²) < 4.78 is 10.9. The topological polar surface area (TPSA) is 77.4 Å². The number of imide groups is 1. The molecular formula is C22H25ClN2O5. The fraction of sp³-hybridized carbons (Fsp3) is 0.318. The molecule has 0 saturated carbocycles. The van der Waals surface area contributed by atoms with Gasteiger partial charge in [0.1, 0.15) is 19.5 Å². The normalized spacial score (nSPS) is 12.1. The summed E-state index contributed by atoms with van der Waals surface area (Å²) in [4.78, 5) is 30.6. The lowest BCUT2D eigenvalue weighted by Crippen LogP contribution is -2.40. The van der Waals surface area contributed by atoms with Crippen LogP contribution < -0.4 is 4.74 Å². The van der Waals surface area contributed by atoms with E-state index >= 15 is 0 Å². The summed E-state index contributed by atoms with van der Waals surface area (Å²) in [6.45, 7) is 5.62. The SMILES string of the molecule is CON=C(C(=O)N(C)C(=O)OC(C)Cl)c1ccccc1COc1cc(C)ccc1C. The predicted octanol–water partition coefficient (Wildman–Crippen LogP) is 4.41. The summed E-state index contributed by atoms with van der Waals surface area (Å²) in [7, 11) is 2.60. The van der Waals surface area contributed by atoms with Crippen LogP contribution in [-0.2, 0) is 21.0 Å².